The second kappa shape index (κ2) is 3.65. The van der Waals surface area contributed by atoms with Gasteiger partial charge in [-0.15, -0.1) is 0 Å². The lowest BCUT2D eigenvalue weighted by Crippen LogP contribution is -2.10. The van der Waals surface area contributed by atoms with Crippen LogP contribution in [0.2, 0.25) is 0 Å². The van der Waals surface area contributed by atoms with E-state index in [1.54, 1.807) is 0 Å². The van der Waals surface area contributed by atoms with Gasteiger partial charge in [0.25, 0.3) is 6.43 Å². The average Bonchev–Trinajstić information content (AvgIpc) is 1.88. The van der Waals surface area contributed by atoms with E-state index in [0.717, 1.165) is 0 Å². The van der Waals surface area contributed by atoms with Crippen LogP contribution in [0.15, 0.2) is 11.3 Å². The highest BCUT2D eigenvalue weighted by molar-refractivity contribution is 6.08. The van der Waals surface area contributed by atoms with Gasteiger partial charge >= 0.3 is 5.97 Å². The first kappa shape index (κ1) is 9.54. The summed E-state index contributed by atoms with van der Waals surface area (Å²) in [7, 11) is 0. The first-order valence-corrected chi connectivity index (χ1v) is 2.45. The number of carboxylic acids is 1. The van der Waals surface area contributed by atoms with Crippen molar-refractivity contribution in [1.82, 2.24) is 0 Å². The highest BCUT2D eigenvalue weighted by Crippen LogP contribution is 2.09. The van der Waals surface area contributed by atoms with E-state index in [1.165, 1.54) is 0 Å². The van der Waals surface area contributed by atoms with E-state index in [0.29, 0.717) is 0 Å². The minimum Gasteiger partial charge on any atom is -0.506 e. The van der Waals surface area contributed by atoms with Crippen LogP contribution in [0, 0.1) is 5.41 Å². The van der Waals surface area contributed by atoms with E-state index in [-0.39, 0.29) is 6.21 Å². The number of alkyl halides is 2. The minimum atomic E-state index is -3.26. The molecule has 0 heterocycles. The number of aliphatic hydroxyl groups is 1. The van der Waals surface area contributed by atoms with E-state index in [9.17, 15) is 13.6 Å². The molecule has 0 rings (SSSR count). The van der Waals surface area contributed by atoms with Crippen molar-refractivity contribution in [2.75, 3.05) is 0 Å². The maximum Gasteiger partial charge on any atom is 0.340 e. The first-order chi connectivity index (χ1) is 5.00. The molecule has 4 nitrogen and oxygen atoms in total. The van der Waals surface area contributed by atoms with Crippen molar-refractivity contribution in [3.05, 3.63) is 11.3 Å². The number of hydrogen-bond acceptors (Lipinski definition) is 3. The van der Waals surface area contributed by atoms with Gasteiger partial charge in [-0.1, -0.05) is 0 Å². The Kier molecular flexibility index (Phi) is 3.16. The lowest BCUT2D eigenvalue weighted by Gasteiger charge is -1.99. The van der Waals surface area contributed by atoms with E-state index in [4.69, 9.17) is 15.6 Å². The molecule has 0 aliphatic carbocycles. The van der Waals surface area contributed by atoms with Crippen LogP contribution < -0.4 is 0 Å². The Labute approximate surface area is 60.3 Å². The molecule has 0 aromatic heterocycles. The summed E-state index contributed by atoms with van der Waals surface area (Å²) in [5.74, 6) is -3.34. The predicted octanol–water partition coefficient (Wildman–Crippen LogP) is 0.798. The highest BCUT2D eigenvalue weighted by atomic mass is 19.3. The zero-order chi connectivity index (χ0) is 9.02. The Morgan fingerprint density at radius 1 is 1.45 bits per heavy atom. The van der Waals surface area contributed by atoms with Crippen molar-refractivity contribution < 1.29 is 23.8 Å². The molecule has 0 aromatic carbocycles. The monoisotopic (exact) mass is 165 g/mol. The lowest BCUT2D eigenvalue weighted by molar-refractivity contribution is -0.132. The van der Waals surface area contributed by atoms with Gasteiger partial charge in [-0.3, -0.25) is 0 Å². The van der Waals surface area contributed by atoms with Crippen molar-refractivity contribution in [2.24, 2.45) is 0 Å². The first-order valence-electron chi connectivity index (χ1n) is 2.45. The van der Waals surface area contributed by atoms with Gasteiger partial charge in [-0.2, -0.15) is 0 Å². The molecule has 3 N–H and O–H groups in total. The summed E-state index contributed by atoms with van der Waals surface area (Å²) >= 11 is 0. The number of rotatable bonds is 3. The molecule has 62 valence electrons. The van der Waals surface area contributed by atoms with Crippen molar-refractivity contribution in [1.29, 1.82) is 5.41 Å². The van der Waals surface area contributed by atoms with Gasteiger partial charge in [-0.25, -0.2) is 13.6 Å². The minimum absolute atomic E-state index is 0.157. The molecule has 0 saturated heterocycles. The molecule has 6 heteroatoms. The molecule has 0 bridgehead atoms. The van der Waals surface area contributed by atoms with E-state index in [1.807, 2.05) is 0 Å². The standard InChI is InChI=1S/C5H5F2NO3/c6-4(7)3(9)2(1-8)5(10)11/h1,4,8-9H,(H,10,11). The van der Waals surface area contributed by atoms with Crippen LogP contribution in [0.4, 0.5) is 8.78 Å². The lowest BCUT2D eigenvalue weighted by atomic mass is 10.2. The average molecular weight is 165 g/mol. The Bertz CT molecular complexity index is 212. The third-order valence-electron chi connectivity index (χ3n) is 0.857. The fraction of sp³-hybridized carbons (Fsp3) is 0.200. The number of halogens is 2. The van der Waals surface area contributed by atoms with Crippen LogP contribution >= 0.6 is 0 Å². The molecular weight excluding hydrogens is 160 g/mol. The SMILES string of the molecule is N=CC(C(=O)O)=C(O)C(F)F. The van der Waals surface area contributed by atoms with Crippen molar-refractivity contribution in [3.8, 4) is 0 Å². The zero-order valence-electron chi connectivity index (χ0n) is 5.21. The summed E-state index contributed by atoms with van der Waals surface area (Å²) in [5, 5.41) is 22.8. The van der Waals surface area contributed by atoms with Gasteiger partial charge in [0.05, 0.1) is 0 Å². The second-order valence-electron chi connectivity index (χ2n) is 1.55. The van der Waals surface area contributed by atoms with Gasteiger partial charge < -0.3 is 15.6 Å². The molecule has 0 radical (unpaired) electrons. The van der Waals surface area contributed by atoms with Crippen LogP contribution in [0.1, 0.15) is 0 Å². The maximum atomic E-state index is 11.6. The Morgan fingerprint density at radius 2 is 1.91 bits per heavy atom. The van der Waals surface area contributed by atoms with Crippen molar-refractivity contribution in [3.63, 3.8) is 0 Å². The largest absolute Gasteiger partial charge is 0.506 e. The maximum absolute atomic E-state index is 11.6. The highest BCUT2D eigenvalue weighted by Gasteiger charge is 2.18. The number of hydrogen-bond donors (Lipinski definition) is 3. The van der Waals surface area contributed by atoms with Crippen LogP contribution in [0.3, 0.4) is 0 Å². The van der Waals surface area contributed by atoms with E-state index in [2.05, 4.69) is 0 Å². The van der Waals surface area contributed by atoms with Crippen molar-refractivity contribution >= 4 is 12.2 Å². The van der Waals surface area contributed by atoms with Crippen LogP contribution in [0.5, 0.6) is 0 Å². The number of allylic oxidation sites excluding steroid dienone is 1. The number of carbonyl (C=O) groups is 1. The summed E-state index contributed by atoms with van der Waals surface area (Å²) in [4.78, 5) is 9.97. The molecule has 0 fully saturated rings. The number of aliphatic hydroxyl groups excluding tert-OH is 1. The zero-order valence-corrected chi connectivity index (χ0v) is 5.21. The number of nitrogens with one attached hydrogen (secondary N) is 1. The second-order valence-corrected chi connectivity index (χ2v) is 1.55. The van der Waals surface area contributed by atoms with Gasteiger partial charge in [0.2, 0.25) is 0 Å². The molecular formula is C5H5F2NO3. The Hall–Kier alpha value is -1.46. The molecule has 11 heavy (non-hydrogen) atoms. The van der Waals surface area contributed by atoms with Crippen molar-refractivity contribution in [2.45, 2.75) is 6.43 Å². The summed E-state index contributed by atoms with van der Waals surface area (Å²) in [6.07, 6.45) is -3.10. The third kappa shape index (κ3) is 2.32. The normalized spacial score (nSPS) is 12.6. The Balaban J connectivity index is 4.83. The molecule has 0 spiro atoms. The summed E-state index contributed by atoms with van der Waals surface area (Å²) < 4.78 is 23.1. The van der Waals surface area contributed by atoms with Crippen LogP contribution in [-0.2, 0) is 4.79 Å². The summed E-state index contributed by atoms with van der Waals surface area (Å²) in [6.45, 7) is 0. The molecule has 0 aliphatic heterocycles. The van der Waals surface area contributed by atoms with E-state index >= 15 is 0 Å². The fourth-order valence-corrected chi connectivity index (χ4v) is 0.363. The smallest absolute Gasteiger partial charge is 0.340 e. The molecule has 0 unspecified atom stereocenters. The van der Waals surface area contributed by atoms with Gasteiger partial charge in [0.1, 0.15) is 5.57 Å². The topological polar surface area (TPSA) is 81.4 Å². The van der Waals surface area contributed by atoms with Gasteiger partial charge in [0, 0.05) is 6.21 Å². The quantitative estimate of drug-likeness (QED) is 0.328. The number of aliphatic carboxylic acids is 1. The Morgan fingerprint density at radius 3 is 2.00 bits per heavy atom. The molecule has 0 aromatic rings. The summed E-state index contributed by atoms with van der Waals surface area (Å²) in [5.41, 5.74) is -1.10. The van der Waals surface area contributed by atoms with E-state index < -0.39 is 23.7 Å². The van der Waals surface area contributed by atoms with Gasteiger partial charge in [-0.05, 0) is 0 Å². The molecule has 0 aliphatic rings. The van der Waals surface area contributed by atoms with Crippen LogP contribution in [0.25, 0.3) is 0 Å². The molecule has 0 saturated carbocycles. The predicted molar refractivity (Wildman–Crippen MR) is 32.1 cm³/mol. The molecule has 0 amide bonds. The fourth-order valence-electron chi connectivity index (χ4n) is 0.363. The molecule has 0 atom stereocenters. The number of carboxylic acid groups (broad SMARTS) is 1. The third-order valence-corrected chi connectivity index (χ3v) is 0.857. The van der Waals surface area contributed by atoms with Gasteiger partial charge in [0.15, 0.2) is 5.76 Å². The summed E-state index contributed by atoms with van der Waals surface area (Å²) in [6, 6.07) is 0. The van der Waals surface area contributed by atoms with Crippen LogP contribution in [-0.4, -0.2) is 28.8 Å².